The quantitative estimate of drug-likeness (QED) is 0.227. The first kappa shape index (κ1) is 29.8. The van der Waals surface area contributed by atoms with Gasteiger partial charge in [0, 0.05) is 29.2 Å². The number of hydrogen-bond donors (Lipinski definition) is 1. The Balaban J connectivity index is 2.29. The van der Waals surface area contributed by atoms with Crippen LogP contribution in [0.4, 0.5) is 22.0 Å². The van der Waals surface area contributed by atoms with Gasteiger partial charge in [0.1, 0.15) is 18.4 Å². The number of carbonyl (C=O) groups excluding carboxylic acids is 1. The van der Waals surface area contributed by atoms with Crippen LogP contribution in [0.15, 0.2) is 40.9 Å². The normalized spacial score (nSPS) is 14.2. The maximum absolute atomic E-state index is 14.9. The molecule has 2 atom stereocenters. The fourth-order valence-corrected chi connectivity index (χ4v) is 4.45. The number of carbonyl (C=O) groups is 1. The molecule has 0 fully saturated rings. The van der Waals surface area contributed by atoms with Gasteiger partial charge in [-0.3, -0.25) is 4.79 Å². The molecule has 0 radical (unpaired) electrons. The van der Waals surface area contributed by atoms with E-state index in [4.69, 9.17) is 34.8 Å². The molecule has 0 spiro atoms. The molecule has 0 saturated heterocycles. The fourth-order valence-electron chi connectivity index (χ4n) is 3.28. The Kier molecular flexibility index (Phi) is 10.8. The maximum Gasteiger partial charge on any atom is 0.399 e. The van der Waals surface area contributed by atoms with Crippen LogP contribution in [-0.4, -0.2) is 49.8 Å². The van der Waals surface area contributed by atoms with Crippen LogP contribution in [-0.2, 0) is 0 Å². The van der Waals surface area contributed by atoms with Gasteiger partial charge in [0.25, 0.3) is 5.91 Å². The molecule has 35 heavy (non-hydrogen) atoms. The molecule has 0 aliphatic heterocycles. The third-order valence-corrected chi connectivity index (χ3v) is 6.80. The zero-order chi connectivity index (χ0) is 26.5. The second kappa shape index (κ2) is 12.7. The topological polar surface area (TPSA) is 32.3 Å². The van der Waals surface area contributed by atoms with Crippen LogP contribution in [0.5, 0.6) is 0 Å². The highest BCUT2D eigenvalue weighted by Crippen LogP contribution is 2.42. The zero-order valence-corrected chi connectivity index (χ0v) is 22.4. The molecule has 12 heteroatoms. The fraction of sp³-hybridized carbons (Fsp3) is 0.348. The highest BCUT2D eigenvalue weighted by atomic mass is 79.9. The number of amides is 1. The second-order valence-corrected chi connectivity index (χ2v) is 9.90. The van der Waals surface area contributed by atoms with Crippen molar-refractivity contribution in [2.45, 2.75) is 25.1 Å². The lowest BCUT2D eigenvalue weighted by atomic mass is 9.96. The van der Waals surface area contributed by atoms with Crippen LogP contribution < -0.4 is 5.32 Å². The first-order valence-electron chi connectivity index (χ1n) is 10.2. The number of hydrogen-bond acceptors (Lipinski definition) is 2. The molecule has 0 aliphatic carbocycles. The Morgan fingerprint density at radius 1 is 1.17 bits per heavy atom. The number of halogens is 9. The summed E-state index contributed by atoms with van der Waals surface area (Å²) in [6.07, 6.45) is -4.44. The van der Waals surface area contributed by atoms with Gasteiger partial charge < -0.3 is 10.2 Å². The zero-order valence-electron chi connectivity index (χ0n) is 18.5. The first-order chi connectivity index (χ1) is 16.2. The lowest BCUT2D eigenvalue weighted by molar-refractivity contribution is -0.139. The molecule has 0 aromatic heterocycles. The van der Waals surface area contributed by atoms with E-state index in [0.29, 0.717) is 12.6 Å². The highest BCUT2D eigenvalue weighted by Gasteiger charge is 2.40. The SMILES string of the molecule is CC(CN(C)CCF)NC(=O)c1ccc(/C(F)=C/C(c2cc(Cl)c(Cl)c(Cl)c2)C(F)(F)F)cc1Br. The molecule has 1 N–H and O–H groups in total. The summed E-state index contributed by atoms with van der Waals surface area (Å²) < 4.78 is 68.7. The molecular formula is C23H21BrCl3F5N2O. The van der Waals surface area contributed by atoms with Crippen molar-refractivity contribution in [3.05, 3.63) is 72.6 Å². The van der Waals surface area contributed by atoms with Crippen LogP contribution in [0.1, 0.15) is 34.3 Å². The molecule has 0 saturated carbocycles. The summed E-state index contributed by atoms with van der Waals surface area (Å²) in [5.41, 5.74) is -0.399. The van der Waals surface area contributed by atoms with Gasteiger partial charge in [-0.1, -0.05) is 40.9 Å². The van der Waals surface area contributed by atoms with E-state index in [0.717, 1.165) is 12.1 Å². The van der Waals surface area contributed by atoms with E-state index in [1.807, 2.05) is 0 Å². The standard InChI is InChI=1S/C23H21BrCl3F5N2O/c1-12(11-34(2)6-5-28)33-22(35)15-4-3-13(7-17(15)24)20(29)10-16(23(30,31)32)14-8-18(25)21(27)19(26)9-14/h3-4,7-10,12,16H,5-6,11H2,1-2H3,(H,33,35)/b20-10-. The summed E-state index contributed by atoms with van der Waals surface area (Å²) in [4.78, 5) is 14.3. The number of nitrogens with zero attached hydrogens (tertiary/aromatic N) is 1. The van der Waals surface area contributed by atoms with E-state index in [1.165, 1.54) is 18.2 Å². The van der Waals surface area contributed by atoms with Gasteiger partial charge in [-0.2, -0.15) is 13.2 Å². The molecule has 2 aromatic carbocycles. The molecule has 1 amide bonds. The minimum Gasteiger partial charge on any atom is -0.348 e. The average molecular weight is 623 g/mol. The first-order valence-corrected chi connectivity index (χ1v) is 12.1. The van der Waals surface area contributed by atoms with Crippen molar-refractivity contribution in [3.63, 3.8) is 0 Å². The van der Waals surface area contributed by atoms with Crippen LogP contribution in [0.2, 0.25) is 15.1 Å². The molecule has 2 aromatic rings. The predicted molar refractivity (Wildman–Crippen MR) is 134 cm³/mol. The molecule has 2 unspecified atom stereocenters. The van der Waals surface area contributed by atoms with Crippen molar-refractivity contribution in [1.29, 1.82) is 0 Å². The Morgan fingerprint density at radius 2 is 1.77 bits per heavy atom. The van der Waals surface area contributed by atoms with E-state index < -0.39 is 30.5 Å². The minimum absolute atomic E-state index is 0.108. The van der Waals surface area contributed by atoms with Gasteiger partial charge in [-0.15, -0.1) is 0 Å². The average Bonchev–Trinajstić information content (AvgIpc) is 2.74. The number of alkyl halides is 4. The molecule has 192 valence electrons. The third kappa shape index (κ3) is 8.32. The van der Waals surface area contributed by atoms with E-state index in [-0.39, 0.29) is 48.8 Å². The van der Waals surface area contributed by atoms with Crippen LogP contribution in [0.25, 0.3) is 5.83 Å². The lowest BCUT2D eigenvalue weighted by Gasteiger charge is -2.21. The van der Waals surface area contributed by atoms with Gasteiger partial charge in [-0.05, 0) is 65.8 Å². The van der Waals surface area contributed by atoms with Gasteiger partial charge >= 0.3 is 6.18 Å². The Hall–Kier alpha value is -1.39. The van der Waals surface area contributed by atoms with E-state index in [9.17, 15) is 26.7 Å². The maximum atomic E-state index is 14.9. The molecular weight excluding hydrogens is 602 g/mol. The van der Waals surface area contributed by atoms with Gasteiger partial charge in [0.05, 0.1) is 20.6 Å². The third-order valence-electron chi connectivity index (χ3n) is 4.95. The Bertz CT molecular complexity index is 1070. The van der Waals surface area contributed by atoms with Crippen molar-refractivity contribution in [3.8, 4) is 0 Å². The summed E-state index contributed by atoms with van der Waals surface area (Å²) in [7, 11) is 1.71. The van der Waals surface area contributed by atoms with Crippen molar-refractivity contribution in [2.75, 3.05) is 26.8 Å². The van der Waals surface area contributed by atoms with Gasteiger partial charge in [-0.25, -0.2) is 8.78 Å². The Morgan fingerprint density at radius 3 is 2.29 bits per heavy atom. The molecule has 2 rings (SSSR count). The van der Waals surface area contributed by atoms with Crippen LogP contribution in [0, 0.1) is 0 Å². The highest BCUT2D eigenvalue weighted by molar-refractivity contribution is 9.10. The summed E-state index contributed by atoms with van der Waals surface area (Å²) in [5, 5.41) is 2.24. The number of nitrogens with one attached hydrogen (secondary N) is 1. The lowest BCUT2D eigenvalue weighted by Crippen LogP contribution is -2.41. The minimum atomic E-state index is -4.85. The monoisotopic (exact) mass is 620 g/mol. The van der Waals surface area contributed by atoms with E-state index >= 15 is 0 Å². The summed E-state index contributed by atoms with van der Waals surface area (Å²) in [6.45, 7) is 1.85. The van der Waals surface area contributed by atoms with Crippen LogP contribution >= 0.6 is 50.7 Å². The molecule has 3 nitrogen and oxygen atoms in total. The van der Waals surface area contributed by atoms with Crippen LogP contribution in [0.3, 0.4) is 0 Å². The second-order valence-electron chi connectivity index (χ2n) is 7.85. The van der Waals surface area contributed by atoms with Gasteiger partial charge in [0.15, 0.2) is 0 Å². The number of likely N-dealkylation sites (N-methyl/N-ethyl adjacent to an activating group) is 1. The largest absolute Gasteiger partial charge is 0.399 e. The number of benzene rings is 2. The van der Waals surface area contributed by atoms with Crippen molar-refractivity contribution in [2.24, 2.45) is 0 Å². The van der Waals surface area contributed by atoms with E-state index in [1.54, 1.807) is 18.9 Å². The predicted octanol–water partition coefficient (Wildman–Crippen LogP) is 8.09. The molecule has 0 bridgehead atoms. The smallest absolute Gasteiger partial charge is 0.348 e. The van der Waals surface area contributed by atoms with E-state index in [2.05, 4.69) is 21.2 Å². The summed E-state index contributed by atoms with van der Waals surface area (Å²) in [5.74, 6) is -3.99. The number of rotatable bonds is 9. The summed E-state index contributed by atoms with van der Waals surface area (Å²) in [6, 6.07) is 5.34. The van der Waals surface area contributed by atoms with Gasteiger partial charge in [0.2, 0.25) is 0 Å². The van der Waals surface area contributed by atoms with Crippen molar-refractivity contribution in [1.82, 2.24) is 10.2 Å². The van der Waals surface area contributed by atoms with Crippen molar-refractivity contribution >= 4 is 62.5 Å². The summed E-state index contributed by atoms with van der Waals surface area (Å²) >= 11 is 20.7. The molecule has 0 aliphatic rings. The molecule has 0 heterocycles. The van der Waals surface area contributed by atoms with Crippen molar-refractivity contribution < 1.29 is 26.7 Å². The number of allylic oxidation sites excluding steroid dienone is 1. The Labute approximate surface area is 223 Å².